The van der Waals surface area contributed by atoms with E-state index in [9.17, 15) is 4.79 Å². The molecule has 0 fully saturated rings. The van der Waals surface area contributed by atoms with Gasteiger partial charge >= 0.3 is 5.97 Å². The number of nitrogens with zero attached hydrogens (tertiary/aromatic N) is 3. The first-order valence-corrected chi connectivity index (χ1v) is 7.50. The highest BCUT2D eigenvalue weighted by atomic mass is 16.5. The normalized spacial score (nSPS) is 11.3. The summed E-state index contributed by atoms with van der Waals surface area (Å²) in [7, 11) is 1.37. The first kappa shape index (κ1) is 15.2. The van der Waals surface area contributed by atoms with Gasteiger partial charge in [-0.3, -0.25) is 0 Å². The lowest BCUT2D eigenvalue weighted by atomic mass is 10.0. The van der Waals surface area contributed by atoms with Gasteiger partial charge in [0.25, 0.3) is 0 Å². The number of aromatic nitrogens is 3. The number of carbonyl (C=O) groups excluding carboxylic acids is 1. The molecule has 0 aliphatic heterocycles. The Morgan fingerprint density at radius 1 is 1.26 bits per heavy atom. The van der Waals surface area contributed by atoms with E-state index in [-0.39, 0.29) is 5.97 Å². The van der Waals surface area contributed by atoms with Crippen molar-refractivity contribution in [3.8, 4) is 11.4 Å². The van der Waals surface area contributed by atoms with Gasteiger partial charge in [-0.2, -0.15) is 0 Å². The lowest BCUT2D eigenvalue weighted by Gasteiger charge is -2.03. The van der Waals surface area contributed by atoms with Crippen molar-refractivity contribution < 1.29 is 9.53 Å². The summed E-state index contributed by atoms with van der Waals surface area (Å²) in [6.07, 6.45) is 0. The maximum Gasteiger partial charge on any atom is 0.337 e. The number of hydrogen-bond donors (Lipinski definition) is 0. The summed E-state index contributed by atoms with van der Waals surface area (Å²) < 4.78 is 6.51. The molecule has 3 rings (SSSR count). The Hall–Kier alpha value is -2.69. The average molecular weight is 309 g/mol. The smallest absolute Gasteiger partial charge is 0.337 e. The van der Waals surface area contributed by atoms with Crippen LogP contribution in [0, 0.1) is 6.92 Å². The van der Waals surface area contributed by atoms with Crippen LogP contribution in [0.4, 0.5) is 0 Å². The van der Waals surface area contributed by atoms with Gasteiger partial charge in [-0.15, -0.1) is 5.10 Å². The Kier molecular flexibility index (Phi) is 3.64. The minimum atomic E-state index is -0.356. The largest absolute Gasteiger partial charge is 0.465 e. The molecule has 5 nitrogen and oxygen atoms in total. The topological polar surface area (TPSA) is 56.5 Å². The van der Waals surface area contributed by atoms with Crippen molar-refractivity contribution in [1.29, 1.82) is 0 Å². The fourth-order valence-corrected chi connectivity index (χ4v) is 2.84. The van der Waals surface area contributed by atoms with Crippen LogP contribution in [0.15, 0.2) is 24.3 Å². The zero-order valence-electron chi connectivity index (χ0n) is 13.8. The third kappa shape index (κ3) is 2.38. The molecule has 3 aromatic rings. The third-order valence-electron chi connectivity index (χ3n) is 4.08. The molecule has 0 spiro atoms. The van der Waals surface area contributed by atoms with Gasteiger partial charge in [-0.05, 0) is 30.5 Å². The van der Waals surface area contributed by atoms with Crippen molar-refractivity contribution >= 4 is 18.2 Å². The predicted molar refractivity (Wildman–Crippen MR) is 89.3 cm³/mol. The summed E-state index contributed by atoms with van der Waals surface area (Å²) in [6.45, 7) is 10.4. The van der Waals surface area contributed by atoms with Gasteiger partial charge in [0.05, 0.1) is 18.0 Å². The summed E-state index contributed by atoms with van der Waals surface area (Å²) in [5, 5.41) is 5.44. The molecule has 0 saturated heterocycles. The molecule has 0 saturated carbocycles. The van der Waals surface area contributed by atoms with Gasteiger partial charge in [0.1, 0.15) is 0 Å². The molecule has 5 heteroatoms. The maximum absolute atomic E-state index is 11.5. The van der Waals surface area contributed by atoms with Gasteiger partial charge in [0, 0.05) is 11.1 Å². The lowest BCUT2D eigenvalue weighted by molar-refractivity contribution is 0.0601. The second-order valence-corrected chi connectivity index (χ2v) is 5.88. The predicted octanol–water partition coefficient (Wildman–Crippen LogP) is 2.74. The standard InChI is InChI=1S/C18H19N3O2/c1-10(2)15-11(3)12(4)21-17(15)19-16(20-21)13-6-8-14(9-7-13)18(22)23-5/h6-10H,4H2,1-3,5H3. The number of rotatable bonds is 3. The number of methoxy groups -OCH3 is 1. The molecular weight excluding hydrogens is 290 g/mol. The first-order valence-electron chi connectivity index (χ1n) is 7.50. The summed E-state index contributed by atoms with van der Waals surface area (Å²) in [4.78, 5) is 16.2. The molecule has 118 valence electrons. The van der Waals surface area contributed by atoms with Crippen LogP contribution in [0.25, 0.3) is 23.6 Å². The Morgan fingerprint density at radius 3 is 2.48 bits per heavy atom. The molecule has 2 aromatic heterocycles. The van der Waals surface area contributed by atoms with Crippen LogP contribution in [0.5, 0.6) is 0 Å². The summed E-state index contributed by atoms with van der Waals surface area (Å²) >= 11 is 0. The molecule has 0 aliphatic carbocycles. The minimum Gasteiger partial charge on any atom is -0.465 e. The van der Waals surface area contributed by atoms with Crippen LogP contribution in [0.1, 0.15) is 41.3 Å². The SMILES string of the molecule is C=c1c(C)c(C(C)C)c2nc(-c3ccc(C(=O)OC)cc3)nn12. The summed E-state index contributed by atoms with van der Waals surface area (Å²) in [5.74, 6) is 0.626. The summed E-state index contributed by atoms with van der Waals surface area (Å²) in [5.41, 5.74) is 4.54. The van der Waals surface area contributed by atoms with E-state index in [1.165, 1.54) is 12.7 Å². The number of ether oxygens (including phenoxy) is 1. The highest BCUT2D eigenvalue weighted by Gasteiger charge is 2.18. The molecular formula is C18H19N3O2. The van der Waals surface area contributed by atoms with E-state index in [1.807, 2.05) is 12.1 Å². The number of carbonyl (C=O) groups is 1. The number of esters is 1. The Labute approximate surface area is 134 Å². The van der Waals surface area contributed by atoms with E-state index >= 15 is 0 Å². The van der Waals surface area contributed by atoms with Crippen molar-refractivity contribution in [2.75, 3.05) is 7.11 Å². The fourth-order valence-electron chi connectivity index (χ4n) is 2.84. The molecule has 0 unspecified atom stereocenters. The minimum absolute atomic E-state index is 0.353. The molecule has 23 heavy (non-hydrogen) atoms. The van der Waals surface area contributed by atoms with Crippen LogP contribution in [-0.2, 0) is 4.74 Å². The second-order valence-electron chi connectivity index (χ2n) is 5.88. The van der Waals surface area contributed by atoms with Crippen LogP contribution in [-0.4, -0.2) is 27.7 Å². The maximum atomic E-state index is 11.5. The monoisotopic (exact) mass is 309 g/mol. The highest BCUT2D eigenvalue weighted by Crippen LogP contribution is 2.24. The van der Waals surface area contributed by atoms with Crippen molar-refractivity contribution in [1.82, 2.24) is 14.6 Å². The number of benzene rings is 1. The molecule has 0 atom stereocenters. The number of fused-ring (bicyclic) bond motifs is 1. The van der Waals surface area contributed by atoms with Crippen LogP contribution in [0.3, 0.4) is 0 Å². The van der Waals surface area contributed by atoms with E-state index in [0.717, 1.165) is 22.1 Å². The van der Waals surface area contributed by atoms with Gasteiger partial charge < -0.3 is 4.74 Å². The van der Waals surface area contributed by atoms with Gasteiger partial charge in [0.15, 0.2) is 11.5 Å². The van der Waals surface area contributed by atoms with E-state index in [0.29, 0.717) is 17.3 Å². The second kappa shape index (κ2) is 5.50. The first-order chi connectivity index (χ1) is 10.9. The van der Waals surface area contributed by atoms with Crippen molar-refractivity contribution in [3.05, 3.63) is 46.3 Å². The van der Waals surface area contributed by atoms with E-state index < -0.39 is 0 Å². The van der Waals surface area contributed by atoms with E-state index in [4.69, 9.17) is 4.74 Å². The van der Waals surface area contributed by atoms with Crippen LogP contribution < -0.4 is 5.35 Å². The van der Waals surface area contributed by atoms with Crippen molar-refractivity contribution in [2.24, 2.45) is 0 Å². The molecule has 1 aromatic carbocycles. The van der Waals surface area contributed by atoms with Crippen molar-refractivity contribution in [3.63, 3.8) is 0 Å². The zero-order chi connectivity index (χ0) is 16.7. The molecule has 0 bridgehead atoms. The highest BCUT2D eigenvalue weighted by molar-refractivity contribution is 5.89. The van der Waals surface area contributed by atoms with Gasteiger partial charge in [-0.1, -0.05) is 32.6 Å². The fraction of sp³-hybridized carbons (Fsp3) is 0.278. The molecule has 2 heterocycles. The quantitative estimate of drug-likeness (QED) is 0.698. The van der Waals surface area contributed by atoms with E-state index in [2.05, 4.69) is 37.4 Å². The summed E-state index contributed by atoms with van der Waals surface area (Å²) in [6, 6.07) is 7.08. The number of hydrogen-bond acceptors (Lipinski definition) is 4. The van der Waals surface area contributed by atoms with Gasteiger partial charge in [0.2, 0.25) is 0 Å². The third-order valence-corrected chi connectivity index (χ3v) is 4.08. The Balaban J connectivity index is 2.09. The van der Waals surface area contributed by atoms with E-state index in [1.54, 1.807) is 16.6 Å². The lowest BCUT2D eigenvalue weighted by Crippen LogP contribution is -2.09. The van der Waals surface area contributed by atoms with Crippen LogP contribution in [0.2, 0.25) is 0 Å². The Bertz CT molecular complexity index is 924. The molecule has 0 N–H and O–H groups in total. The van der Waals surface area contributed by atoms with Crippen molar-refractivity contribution in [2.45, 2.75) is 26.7 Å². The zero-order valence-corrected chi connectivity index (χ0v) is 13.8. The Morgan fingerprint density at radius 2 is 1.91 bits per heavy atom. The molecule has 0 amide bonds. The molecule has 0 aliphatic rings. The van der Waals surface area contributed by atoms with Gasteiger partial charge in [-0.25, -0.2) is 14.3 Å². The van der Waals surface area contributed by atoms with Crippen LogP contribution >= 0.6 is 0 Å². The average Bonchev–Trinajstić information content (AvgIpc) is 3.06. The molecule has 0 radical (unpaired) electrons.